The molecule has 1 N–H and O–H groups in total. The van der Waals surface area contributed by atoms with Gasteiger partial charge in [-0.25, -0.2) is 9.69 Å². The van der Waals surface area contributed by atoms with Crippen molar-refractivity contribution in [1.29, 1.82) is 0 Å². The van der Waals surface area contributed by atoms with Gasteiger partial charge in [0.2, 0.25) is 0 Å². The molecule has 3 rings (SSSR count). The summed E-state index contributed by atoms with van der Waals surface area (Å²) in [5, 5.41) is 2.21. The van der Waals surface area contributed by atoms with E-state index < -0.39 is 17.8 Å². The third kappa shape index (κ3) is 4.71. The number of barbiturate groups is 1. The molecule has 156 valence electrons. The number of hydrogen-bond donors (Lipinski definition) is 1. The number of anilines is 1. The summed E-state index contributed by atoms with van der Waals surface area (Å²) >= 11 is 3.37. The van der Waals surface area contributed by atoms with Gasteiger partial charge in [-0.3, -0.25) is 14.9 Å². The average Bonchev–Trinajstić information content (AvgIpc) is 2.72. The van der Waals surface area contributed by atoms with E-state index in [0.717, 1.165) is 17.7 Å². The van der Waals surface area contributed by atoms with E-state index in [1.54, 1.807) is 49.6 Å². The van der Waals surface area contributed by atoms with Crippen LogP contribution in [-0.2, 0) is 9.59 Å². The van der Waals surface area contributed by atoms with Gasteiger partial charge in [-0.05, 0) is 70.4 Å². The summed E-state index contributed by atoms with van der Waals surface area (Å²) in [6, 6.07) is 10.9. The molecule has 0 spiro atoms. The summed E-state index contributed by atoms with van der Waals surface area (Å²) in [6.07, 6.45) is 3.39. The van der Waals surface area contributed by atoms with Crippen LogP contribution in [0, 0.1) is 0 Å². The van der Waals surface area contributed by atoms with E-state index in [0.29, 0.717) is 33.8 Å². The first-order valence-electron chi connectivity index (χ1n) is 9.42. The average molecular weight is 473 g/mol. The largest absolute Gasteiger partial charge is 0.496 e. The molecule has 2 aromatic rings. The number of methoxy groups -OCH3 is 1. The van der Waals surface area contributed by atoms with Gasteiger partial charge in [0.1, 0.15) is 17.1 Å². The topological polar surface area (TPSA) is 84.9 Å². The van der Waals surface area contributed by atoms with Gasteiger partial charge in [-0.15, -0.1) is 0 Å². The molecule has 0 bridgehead atoms. The van der Waals surface area contributed by atoms with Gasteiger partial charge in [-0.1, -0.05) is 19.4 Å². The van der Waals surface area contributed by atoms with E-state index in [9.17, 15) is 14.4 Å². The number of rotatable bonds is 7. The first-order chi connectivity index (χ1) is 14.4. The molecular weight excluding hydrogens is 452 g/mol. The van der Waals surface area contributed by atoms with Crippen molar-refractivity contribution in [2.75, 3.05) is 18.6 Å². The number of benzene rings is 2. The van der Waals surface area contributed by atoms with Crippen molar-refractivity contribution in [3.63, 3.8) is 0 Å². The Labute approximate surface area is 182 Å². The van der Waals surface area contributed by atoms with Gasteiger partial charge in [-0.2, -0.15) is 0 Å². The molecule has 0 saturated carbocycles. The SMILES string of the molecule is CCCCOc1ccc(N2C(=O)NC(=O)/C(=C/c3ccc(OC)c(Br)c3)C2=O)cc1. The number of carbonyl (C=O) groups is 3. The van der Waals surface area contributed by atoms with E-state index in [2.05, 4.69) is 28.2 Å². The van der Waals surface area contributed by atoms with Crippen LogP contribution in [0.5, 0.6) is 11.5 Å². The molecule has 0 unspecified atom stereocenters. The van der Waals surface area contributed by atoms with E-state index in [-0.39, 0.29) is 5.57 Å². The number of carbonyl (C=O) groups excluding carboxylic acids is 3. The molecule has 1 fully saturated rings. The van der Waals surface area contributed by atoms with Crippen LogP contribution in [0.1, 0.15) is 25.3 Å². The highest BCUT2D eigenvalue weighted by molar-refractivity contribution is 9.10. The van der Waals surface area contributed by atoms with Crippen LogP contribution in [-0.4, -0.2) is 31.6 Å². The summed E-state index contributed by atoms with van der Waals surface area (Å²) < 4.78 is 11.5. The van der Waals surface area contributed by atoms with Crippen LogP contribution in [0.4, 0.5) is 10.5 Å². The Kier molecular flexibility index (Phi) is 6.89. The zero-order valence-electron chi connectivity index (χ0n) is 16.6. The minimum absolute atomic E-state index is 0.144. The third-order valence-corrected chi connectivity index (χ3v) is 5.07. The van der Waals surface area contributed by atoms with Crippen molar-refractivity contribution in [3.8, 4) is 11.5 Å². The number of nitrogens with one attached hydrogen (secondary N) is 1. The fourth-order valence-electron chi connectivity index (χ4n) is 2.86. The van der Waals surface area contributed by atoms with E-state index in [1.165, 1.54) is 6.08 Å². The summed E-state index contributed by atoms with van der Waals surface area (Å²) in [5.74, 6) is -0.176. The first kappa shape index (κ1) is 21.6. The van der Waals surface area contributed by atoms with Crippen molar-refractivity contribution >= 4 is 45.5 Å². The molecule has 1 aliphatic rings. The monoisotopic (exact) mass is 472 g/mol. The highest BCUT2D eigenvalue weighted by Crippen LogP contribution is 2.28. The summed E-state index contributed by atoms with van der Waals surface area (Å²) in [4.78, 5) is 38.5. The second-order valence-corrected chi connectivity index (χ2v) is 7.40. The minimum Gasteiger partial charge on any atom is -0.496 e. The van der Waals surface area contributed by atoms with Crippen LogP contribution in [0.25, 0.3) is 6.08 Å². The molecule has 1 heterocycles. The standard InChI is InChI=1S/C22H21BrN2O5/c1-3-4-11-30-16-8-6-15(7-9-16)25-21(27)17(20(26)24-22(25)28)12-14-5-10-19(29-2)18(23)13-14/h5-10,12-13H,3-4,11H2,1-2H3,(H,24,26,28)/b17-12-. The quantitative estimate of drug-likeness (QED) is 0.368. The highest BCUT2D eigenvalue weighted by atomic mass is 79.9. The molecule has 2 aromatic carbocycles. The summed E-state index contributed by atoms with van der Waals surface area (Å²) in [6.45, 7) is 2.67. The third-order valence-electron chi connectivity index (χ3n) is 4.45. The molecule has 0 aliphatic carbocycles. The smallest absolute Gasteiger partial charge is 0.335 e. The van der Waals surface area contributed by atoms with Crippen molar-refractivity contribution in [3.05, 3.63) is 58.1 Å². The summed E-state index contributed by atoms with van der Waals surface area (Å²) in [7, 11) is 1.54. The Bertz CT molecular complexity index is 1000. The Morgan fingerprint density at radius 3 is 2.47 bits per heavy atom. The lowest BCUT2D eigenvalue weighted by Gasteiger charge is -2.26. The van der Waals surface area contributed by atoms with Crippen LogP contribution in [0.2, 0.25) is 0 Å². The fraction of sp³-hybridized carbons (Fsp3) is 0.227. The molecule has 4 amide bonds. The molecule has 1 saturated heterocycles. The van der Waals surface area contributed by atoms with Gasteiger partial charge in [0.15, 0.2) is 0 Å². The number of ether oxygens (including phenoxy) is 2. The highest BCUT2D eigenvalue weighted by Gasteiger charge is 2.36. The molecule has 0 aromatic heterocycles. The minimum atomic E-state index is -0.794. The lowest BCUT2D eigenvalue weighted by molar-refractivity contribution is -0.122. The maximum Gasteiger partial charge on any atom is 0.335 e. The van der Waals surface area contributed by atoms with Crippen LogP contribution in [0.15, 0.2) is 52.5 Å². The lowest BCUT2D eigenvalue weighted by atomic mass is 10.1. The molecule has 1 aliphatic heterocycles. The molecule has 0 radical (unpaired) electrons. The molecule has 0 atom stereocenters. The predicted octanol–water partition coefficient (Wildman–Crippen LogP) is 4.30. The number of urea groups is 1. The molecule has 7 nitrogen and oxygen atoms in total. The van der Waals surface area contributed by atoms with Crippen molar-refractivity contribution in [2.24, 2.45) is 0 Å². The molecule has 30 heavy (non-hydrogen) atoms. The molecular formula is C22H21BrN2O5. The van der Waals surface area contributed by atoms with Gasteiger partial charge in [0.05, 0.1) is 23.9 Å². The van der Waals surface area contributed by atoms with Gasteiger partial charge >= 0.3 is 6.03 Å². The normalized spacial score (nSPS) is 15.4. The Morgan fingerprint density at radius 2 is 1.83 bits per heavy atom. The number of nitrogens with zero attached hydrogens (tertiary/aromatic N) is 1. The predicted molar refractivity (Wildman–Crippen MR) is 117 cm³/mol. The maximum atomic E-state index is 13.0. The summed E-state index contributed by atoms with van der Waals surface area (Å²) in [5.41, 5.74) is 0.805. The number of hydrogen-bond acceptors (Lipinski definition) is 5. The lowest BCUT2D eigenvalue weighted by Crippen LogP contribution is -2.54. The van der Waals surface area contributed by atoms with Crippen molar-refractivity contribution in [2.45, 2.75) is 19.8 Å². The van der Waals surface area contributed by atoms with Gasteiger partial charge in [0, 0.05) is 0 Å². The van der Waals surface area contributed by atoms with E-state index in [1.807, 2.05) is 0 Å². The zero-order chi connectivity index (χ0) is 21.7. The van der Waals surface area contributed by atoms with Crippen LogP contribution in [0.3, 0.4) is 0 Å². The maximum absolute atomic E-state index is 13.0. The second-order valence-electron chi connectivity index (χ2n) is 6.55. The van der Waals surface area contributed by atoms with Gasteiger partial charge < -0.3 is 9.47 Å². The zero-order valence-corrected chi connectivity index (χ0v) is 18.2. The Morgan fingerprint density at radius 1 is 1.10 bits per heavy atom. The van der Waals surface area contributed by atoms with E-state index >= 15 is 0 Å². The number of halogens is 1. The van der Waals surface area contributed by atoms with Crippen LogP contribution >= 0.6 is 15.9 Å². The molecule has 8 heteroatoms. The fourth-order valence-corrected chi connectivity index (χ4v) is 3.42. The van der Waals surface area contributed by atoms with Gasteiger partial charge in [0.25, 0.3) is 11.8 Å². The Hall–Kier alpha value is -3.13. The number of imide groups is 2. The Balaban J connectivity index is 1.86. The van der Waals surface area contributed by atoms with Crippen molar-refractivity contribution in [1.82, 2.24) is 5.32 Å². The number of amides is 4. The van der Waals surface area contributed by atoms with Crippen molar-refractivity contribution < 1.29 is 23.9 Å². The van der Waals surface area contributed by atoms with E-state index in [4.69, 9.17) is 9.47 Å². The second kappa shape index (κ2) is 9.58. The number of unbranched alkanes of at least 4 members (excludes halogenated alkanes) is 1. The first-order valence-corrected chi connectivity index (χ1v) is 10.2. The van der Waals surface area contributed by atoms with Crippen LogP contribution < -0.4 is 19.7 Å².